The zero-order chi connectivity index (χ0) is 20.7. The van der Waals surface area contributed by atoms with Crippen LogP contribution in [0.2, 0.25) is 0 Å². The summed E-state index contributed by atoms with van der Waals surface area (Å²) < 4.78 is 38.1. The van der Waals surface area contributed by atoms with E-state index < -0.39 is 11.7 Å². The standard InChI is InChI=1S/C26H33F3/c1-2-3-4-5-20-6-8-21(9-7-20)10-11-22-12-14-23(15-13-22)24-16-18-25(19-17-24)26(27,28)29/h12-21H,2-11H2,1H3/t20-,21-. The number of halogens is 3. The van der Waals surface area contributed by atoms with Crippen LogP contribution in [0.15, 0.2) is 48.5 Å². The smallest absolute Gasteiger partial charge is 0.166 e. The average molecular weight is 403 g/mol. The molecule has 0 saturated heterocycles. The van der Waals surface area contributed by atoms with Gasteiger partial charge in [-0.3, -0.25) is 0 Å². The van der Waals surface area contributed by atoms with Crippen molar-refractivity contribution in [3.05, 3.63) is 59.7 Å². The highest BCUT2D eigenvalue weighted by atomic mass is 19.4. The van der Waals surface area contributed by atoms with Gasteiger partial charge in [0.25, 0.3) is 0 Å². The second-order valence-corrected chi connectivity index (χ2v) is 8.69. The van der Waals surface area contributed by atoms with Crippen LogP contribution in [0.3, 0.4) is 0 Å². The molecule has 0 spiro atoms. The lowest BCUT2D eigenvalue weighted by atomic mass is 9.78. The molecule has 3 rings (SSSR count). The Balaban J connectivity index is 1.45. The number of hydrogen-bond donors (Lipinski definition) is 0. The third kappa shape index (κ3) is 6.62. The van der Waals surface area contributed by atoms with E-state index in [0.29, 0.717) is 0 Å². The lowest BCUT2D eigenvalue weighted by Gasteiger charge is -2.28. The molecular weight excluding hydrogens is 369 g/mol. The molecule has 29 heavy (non-hydrogen) atoms. The van der Waals surface area contributed by atoms with Crippen molar-refractivity contribution in [3.63, 3.8) is 0 Å². The summed E-state index contributed by atoms with van der Waals surface area (Å²) in [5.41, 5.74) is 2.52. The molecule has 0 atom stereocenters. The van der Waals surface area contributed by atoms with Crippen LogP contribution >= 0.6 is 0 Å². The molecule has 0 amide bonds. The first-order valence-corrected chi connectivity index (χ1v) is 11.2. The van der Waals surface area contributed by atoms with Crippen molar-refractivity contribution in [2.45, 2.75) is 77.3 Å². The van der Waals surface area contributed by atoms with Crippen molar-refractivity contribution in [3.8, 4) is 11.1 Å². The highest BCUT2D eigenvalue weighted by Gasteiger charge is 2.30. The molecule has 1 aliphatic carbocycles. The van der Waals surface area contributed by atoms with Gasteiger partial charge in [-0.15, -0.1) is 0 Å². The molecule has 3 heteroatoms. The molecule has 0 unspecified atom stereocenters. The molecule has 0 nitrogen and oxygen atoms in total. The fourth-order valence-electron chi connectivity index (χ4n) is 4.58. The van der Waals surface area contributed by atoms with Gasteiger partial charge in [-0.2, -0.15) is 13.2 Å². The first kappa shape index (κ1) is 21.9. The fourth-order valence-corrected chi connectivity index (χ4v) is 4.58. The molecule has 2 aromatic carbocycles. The third-order valence-corrected chi connectivity index (χ3v) is 6.52. The molecule has 0 bridgehead atoms. The molecular formula is C26H33F3. The minimum atomic E-state index is -4.28. The van der Waals surface area contributed by atoms with Crippen molar-refractivity contribution in [1.29, 1.82) is 0 Å². The van der Waals surface area contributed by atoms with Gasteiger partial charge in [0.1, 0.15) is 0 Å². The summed E-state index contributed by atoms with van der Waals surface area (Å²) in [5.74, 6) is 1.81. The molecule has 0 aliphatic heterocycles. The second-order valence-electron chi connectivity index (χ2n) is 8.69. The minimum Gasteiger partial charge on any atom is -0.166 e. The van der Waals surface area contributed by atoms with Crippen molar-refractivity contribution in [1.82, 2.24) is 0 Å². The monoisotopic (exact) mass is 402 g/mol. The van der Waals surface area contributed by atoms with Crippen LogP contribution in [0.25, 0.3) is 11.1 Å². The summed E-state index contributed by atoms with van der Waals surface area (Å²) >= 11 is 0. The molecule has 0 radical (unpaired) electrons. The Hall–Kier alpha value is -1.77. The van der Waals surface area contributed by atoms with Crippen molar-refractivity contribution < 1.29 is 13.2 Å². The SMILES string of the molecule is CCCCC[C@H]1CC[C@H](CCc2ccc(-c3ccc(C(F)(F)F)cc3)cc2)CC1. The number of unbranched alkanes of at least 4 members (excludes halogenated alkanes) is 2. The number of alkyl halides is 3. The lowest BCUT2D eigenvalue weighted by molar-refractivity contribution is -0.137. The van der Waals surface area contributed by atoms with Gasteiger partial charge in [-0.05, 0) is 53.5 Å². The molecule has 1 fully saturated rings. The predicted octanol–water partition coefficient (Wildman–Crippen LogP) is 8.69. The molecule has 0 N–H and O–H groups in total. The van der Waals surface area contributed by atoms with Crippen LogP contribution in [-0.4, -0.2) is 0 Å². The molecule has 1 saturated carbocycles. The van der Waals surface area contributed by atoms with Crippen molar-refractivity contribution in [2.75, 3.05) is 0 Å². The Morgan fingerprint density at radius 1 is 0.724 bits per heavy atom. The number of aryl methyl sites for hydroxylation is 1. The maximum absolute atomic E-state index is 12.7. The van der Waals surface area contributed by atoms with E-state index in [1.165, 1.54) is 63.4 Å². The summed E-state index contributed by atoms with van der Waals surface area (Å²) in [7, 11) is 0. The van der Waals surface area contributed by atoms with Crippen LogP contribution in [0, 0.1) is 11.8 Å². The van der Waals surface area contributed by atoms with E-state index in [1.54, 1.807) is 12.1 Å². The van der Waals surface area contributed by atoms with Gasteiger partial charge in [0.05, 0.1) is 5.56 Å². The normalized spacial score (nSPS) is 20.0. The molecule has 2 aromatic rings. The van der Waals surface area contributed by atoms with Gasteiger partial charge in [-0.25, -0.2) is 0 Å². The van der Waals surface area contributed by atoms with E-state index in [1.807, 2.05) is 12.1 Å². The number of hydrogen-bond acceptors (Lipinski definition) is 0. The summed E-state index contributed by atoms with van der Waals surface area (Å²) in [6, 6.07) is 13.7. The Bertz CT molecular complexity index is 720. The van der Waals surface area contributed by atoms with Crippen LogP contribution in [0.1, 0.15) is 75.8 Å². The molecule has 0 heterocycles. The van der Waals surface area contributed by atoms with Crippen LogP contribution in [0.5, 0.6) is 0 Å². The molecule has 0 aromatic heterocycles. The Kier molecular flexibility index (Phi) is 7.80. The fraction of sp³-hybridized carbons (Fsp3) is 0.538. The number of benzene rings is 2. The first-order chi connectivity index (χ1) is 14.0. The van der Waals surface area contributed by atoms with E-state index in [0.717, 1.165) is 41.5 Å². The zero-order valence-corrected chi connectivity index (χ0v) is 17.5. The highest BCUT2D eigenvalue weighted by molar-refractivity contribution is 5.64. The maximum Gasteiger partial charge on any atom is 0.416 e. The Labute approximate surface area is 173 Å². The zero-order valence-electron chi connectivity index (χ0n) is 17.5. The first-order valence-electron chi connectivity index (χ1n) is 11.2. The number of rotatable bonds is 8. The maximum atomic E-state index is 12.7. The van der Waals surface area contributed by atoms with Gasteiger partial charge in [0, 0.05) is 0 Å². The quantitative estimate of drug-likeness (QED) is 0.387. The summed E-state index contributed by atoms with van der Waals surface area (Å²) in [4.78, 5) is 0. The Morgan fingerprint density at radius 3 is 1.76 bits per heavy atom. The average Bonchev–Trinajstić information content (AvgIpc) is 2.73. The third-order valence-electron chi connectivity index (χ3n) is 6.52. The lowest BCUT2D eigenvalue weighted by Crippen LogP contribution is -2.15. The van der Waals surface area contributed by atoms with E-state index >= 15 is 0 Å². The van der Waals surface area contributed by atoms with Gasteiger partial charge >= 0.3 is 6.18 Å². The summed E-state index contributed by atoms with van der Waals surface area (Å²) in [6.07, 6.45) is 9.14. The van der Waals surface area contributed by atoms with E-state index in [-0.39, 0.29) is 0 Å². The van der Waals surface area contributed by atoms with Gasteiger partial charge in [0.2, 0.25) is 0 Å². The van der Waals surface area contributed by atoms with Gasteiger partial charge in [0.15, 0.2) is 0 Å². The van der Waals surface area contributed by atoms with E-state index in [9.17, 15) is 13.2 Å². The van der Waals surface area contributed by atoms with Crippen LogP contribution < -0.4 is 0 Å². The molecule has 158 valence electrons. The summed E-state index contributed by atoms with van der Waals surface area (Å²) in [5, 5.41) is 0. The molecule has 1 aliphatic rings. The largest absolute Gasteiger partial charge is 0.416 e. The van der Waals surface area contributed by atoms with Crippen LogP contribution in [-0.2, 0) is 12.6 Å². The van der Waals surface area contributed by atoms with E-state index in [4.69, 9.17) is 0 Å². The minimum absolute atomic E-state index is 0.599. The predicted molar refractivity (Wildman–Crippen MR) is 115 cm³/mol. The van der Waals surface area contributed by atoms with Gasteiger partial charge < -0.3 is 0 Å². The summed E-state index contributed by atoms with van der Waals surface area (Å²) in [6.45, 7) is 2.27. The Morgan fingerprint density at radius 2 is 1.24 bits per heavy atom. The van der Waals surface area contributed by atoms with Crippen LogP contribution in [0.4, 0.5) is 13.2 Å². The van der Waals surface area contributed by atoms with Crippen molar-refractivity contribution >= 4 is 0 Å². The van der Waals surface area contributed by atoms with Gasteiger partial charge in [-0.1, -0.05) is 94.7 Å². The van der Waals surface area contributed by atoms with E-state index in [2.05, 4.69) is 19.1 Å². The topological polar surface area (TPSA) is 0 Å². The highest BCUT2D eigenvalue weighted by Crippen LogP contribution is 2.35. The van der Waals surface area contributed by atoms with Crippen molar-refractivity contribution in [2.24, 2.45) is 11.8 Å². The second kappa shape index (κ2) is 10.3.